The summed E-state index contributed by atoms with van der Waals surface area (Å²) in [5.74, 6) is 0. The highest BCUT2D eigenvalue weighted by Crippen LogP contribution is 2.29. The molecule has 2 N–H and O–H groups in total. The predicted octanol–water partition coefficient (Wildman–Crippen LogP) is 0.766. The summed E-state index contributed by atoms with van der Waals surface area (Å²) in [4.78, 5) is 4.86. The maximum atomic E-state index is 6.04. The van der Waals surface area contributed by atoms with E-state index in [4.69, 9.17) is 10.5 Å². The van der Waals surface area contributed by atoms with Gasteiger partial charge in [0.2, 0.25) is 0 Å². The third-order valence-electron chi connectivity index (χ3n) is 4.01. The van der Waals surface area contributed by atoms with E-state index >= 15 is 0 Å². The van der Waals surface area contributed by atoms with Gasteiger partial charge in [0.15, 0.2) is 0 Å². The van der Waals surface area contributed by atoms with Crippen LogP contribution in [0.2, 0.25) is 0 Å². The first kappa shape index (κ1) is 14.9. The number of nitrogens with zero attached hydrogens (tertiary/aromatic N) is 2. The number of likely N-dealkylation sites (tertiary alicyclic amines) is 1. The third kappa shape index (κ3) is 3.41. The maximum absolute atomic E-state index is 6.04. The number of hydrogen-bond donors (Lipinski definition) is 1. The van der Waals surface area contributed by atoms with E-state index in [1.807, 2.05) is 0 Å². The molecule has 1 rings (SSSR count). The van der Waals surface area contributed by atoms with Crippen LogP contribution in [0.1, 0.15) is 26.2 Å². The summed E-state index contributed by atoms with van der Waals surface area (Å²) in [6, 6.07) is 0.628. The highest BCUT2D eigenvalue weighted by atomic mass is 16.5. The second-order valence-electron chi connectivity index (χ2n) is 5.47. The highest BCUT2D eigenvalue weighted by molar-refractivity contribution is 4.97. The molecule has 0 aliphatic carbocycles. The molecule has 1 aliphatic heterocycles. The van der Waals surface area contributed by atoms with E-state index in [1.54, 1.807) is 7.11 Å². The van der Waals surface area contributed by atoms with Crippen LogP contribution in [-0.4, -0.2) is 68.8 Å². The summed E-state index contributed by atoms with van der Waals surface area (Å²) in [5, 5.41) is 0. The van der Waals surface area contributed by atoms with Crippen molar-refractivity contribution < 1.29 is 4.74 Å². The Morgan fingerprint density at radius 1 is 1.47 bits per heavy atom. The van der Waals surface area contributed by atoms with Gasteiger partial charge in [-0.2, -0.15) is 0 Å². The molecule has 4 heteroatoms. The van der Waals surface area contributed by atoms with Gasteiger partial charge in [-0.25, -0.2) is 0 Å². The lowest BCUT2D eigenvalue weighted by molar-refractivity contribution is -0.00120. The molecule has 1 aliphatic rings. The van der Waals surface area contributed by atoms with Crippen LogP contribution >= 0.6 is 0 Å². The van der Waals surface area contributed by atoms with Gasteiger partial charge in [0.05, 0.1) is 12.1 Å². The standard InChI is InChI=1S/C13H29N3O/c1-5-13(10-14,11-17-4)16-8-6-7-12(16)9-15(2)3/h12H,5-11,14H2,1-4H3. The van der Waals surface area contributed by atoms with Crippen molar-refractivity contribution in [3.05, 3.63) is 0 Å². The van der Waals surface area contributed by atoms with Crippen LogP contribution in [0.15, 0.2) is 0 Å². The van der Waals surface area contributed by atoms with E-state index in [-0.39, 0.29) is 5.54 Å². The second kappa shape index (κ2) is 6.69. The van der Waals surface area contributed by atoms with Crippen molar-refractivity contribution in [2.75, 3.05) is 47.4 Å². The van der Waals surface area contributed by atoms with E-state index in [1.165, 1.54) is 12.8 Å². The fraction of sp³-hybridized carbons (Fsp3) is 1.00. The fourth-order valence-electron chi connectivity index (χ4n) is 3.05. The SMILES string of the molecule is CCC(CN)(COC)N1CCCC1CN(C)C. The summed E-state index contributed by atoms with van der Waals surface area (Å²) in [6.45, 7) is 5.92. The molecular weight excluding hydrogens is 214 g/mol. The fourth-order valence-corrected chi connectivity index (χ4v) is 3.05. The lowest BCUT2D eigenvalue weighted by Crippen LogP contribution is -2.59. The van der Waals surface area contributed by atoms with Gasteiger partial charge in [-0.05, 0) is 39.9 Å². The lowest BCUT2D eigenvalue weighted by Gasteiger charge is -2.44. The molecule has 0 radical (unpaired) electrons. The lowest BCUT2D eigenvalue weighted by atomic mass is 9.93. The van der Waals surface area contributed by atoms with Crippen LogP contribution in [0.5, 0.6) is 0 Å². The second-order valence-corrected chi connectivity index (χ2v) is 5.47. The van der Waals surface area contributed by atoms with E-state index in [9.17, 15) is 0 Å². The van der Waals surface area contributed by atoms with Gasteiger partial charge < -0.3 is 15.4 Å². The molecule has 0 aromatic carbocycles. The summed E-state index contributed by atoms with van der Waals surface area (Å²) in [6.07, 6.45) is 3.62. The molecule has 102 valence electrons. The molecule has 0 saturated carbocycles. The number of likely N-dealkylation sites (N-methyl/N-ethyl adjacent to an activating group) is 1. The first-order valence-electron chi connectivity index (χ1n) is 6.70. The van der Waals surface area contributed by atoms with Crippen molar-refractivity contribution in [2.45, 2.75) is 37.8 Å². The molecule has 0 amide bonds. The van der Waals surface area contributed by atoms with Gasteiger partial charge in [-0.15, -0.1) is 0 Å². The summed E-state index contributed by atoms with van der Waals surface area (Å²) >= 11 is 0. The topological polar surface area (TPSA) is 41.7 Å². The molecule has 0 aromatic rings. The van der Waals surface area contributed by atoms with Gasteiger partial charge >= 0.3 is 0 Å². The van der Waals surface area contributed by atoms with Crippen molar-refractivity contribution in [2.24, 2.45) is 5.73 Å². The zero-order chi connectivity index (χ0) is 12.9. The number of methoxy groups -OCH3 is 1. The predicted molar refractivity (Wildman–Crippen MR) is 72.2 cm³/mol. The van der Waals surface area contributed by atoms with Crippen molar-refractivity contribution in [1.29, 1.82) is 0 Å². The Morgan fingerprint density at radius 2 is 2.18 bits per heavy atom. The molecule has 1 fully saturated rings. The molecule has 0 aromatic heterocycles. The maximum Gasteiger partial charge on any atom is 0.0659 e. The minimum absolute atomic E-state index is 0.0337. The van der Waals surface area contributed by atoms with Crippen LogP contribution in [0.3, 0.4) is 0 Å². The Morgan fingerprint density at radius 3 is 2.65 bits per heavy atom. The molecule has 1 saturated heterocycles. The van der Waals surface area contributed by atoms with Crippen LogP contribution in [0.4, 0.5) is 0 Å². The summed E-state index contributed by atoms with van der Waals surface area (Å²) in [5.41, 5.74) is 6.08. The quantitative estimate of drug-likeness (QED) is 0.717. The number of ether oxygens (including phenoxy) is 1. The summed E-state index contributed by atoms with van der Waals surface area (Å²) < 4.78 is 5.42. The normalized spacial score (nSPS) is 25.4. The zero-order valence-corrected chi connectivity index (χ0v) is 11.9. The molecule has 4 nitrogen and oxygen atoms in total. The largest absolute Gasteiger partial charge is 0.383 e. The third-order valence-corrected chi connectivity index (χ3v) is 4.01. The number of hydrogen-bond acceptors (Lipinski definition) is 4. The number of rotatable bonds is 7. The van der Waals surface area contributed by atoms with E-state index in [0.717, 1.165) is 26.1 Å². The molecule has 2 unspecified atom stereocenters. The minimum atomic E-state index is 0.0337. The van der Waals surface area contributed by atoms with Gasteiger partial charge in [0.1, 0.15) is 0 Å². The van der Waals surface area contributed by atoms with Gasteiger partial charge in [0.25, 0.3) is 0 Å². The molecule has 0 bridgehead atoms. The Hall–Kier alpha value is -0.160. The zero-order valence-electron chi connectivity index (χ0n) is 11.9. The monoisotopic (exact) mass is 243 g/mol. The Labute approximate surface area is 106 Å². The first-order chi connectivity index (χ1) is 8.09. The number of nitrogens with two attached hydrogens (primary N) is 1. The smallest absolute Gasteiger partial charge is 0.0659 e. The summed E-state index contributed by atoms with van der Waals surface area (Å²) in [7, 11) is 6.06. The van der Waals surface area contributed by atoms with Crippen molar-refractivity contribution in [3.63, 3.8) is 0 Å². The van der Waals surface area contributed by atoms with Gasteiger partial charge in [-0.3, -0.25) is 4.90 Å². The van der Waals surface area contributed by atoms with Crippen molar-refractivity contribution in [3.8, 4) is 0 Å². The molecule has 1 heterocycles. The average molecular weight is 243 g/mol. The van der Waals surface area contributed by atoms with Crippen molar-refractivity contribution >= 4 is 0 Å². The molecule has 17 heavy (non-hydrogen) atoms. The molecular formula is C13H29N3O. The van der Waals surface area contributed by atoms with Gasteiger partial charge in [0, 0.05) is 26.2 Å². The van der Waals surface area contributed by atoms with Crippen LogP contribution in [0.25, 0.3) is 0 Å². The Kier molecular flexibility index (Phi) is 5.86. The van der Waals surface area contributed by atoms with Crippen LogP contribution in [-0.2, 0) is 4.74 Å². The van der Waals surface area contributed by atoms with E-state index < -0.39 is 0 Å². The Balaban J connectivity index is 2.77. The highest BCUT2D eigenvalue weighted by Gasteiger charge is 2.40. The minimum Gasteiger partial charge on any atom is -0.383 e. The van der Waals surface area contributed by atoms with Crippen LogP contribution < -0.4 is 5.73 Å². The molecule has 2 atom stereocenters. The van der Waals surface area contributed by atoms with E-state index in [2.05, 4.69) is 30.8 Å². The first-order valence-corrected chi connectivity index (χ1v) is 6.70. The Bertz CT molecular complexity index is 217. The molecule has 0 spiro atoms. The van der Waals surface area contributed by atoms with Gasteiger partial charge in [-0.1, -0.05) is 6.92 Å². The van der Waals surface area contributed by atoms with Crippen molar-refractivity contribution in [1.82, 2.24) is 9.80 Å². The average Bonchev–Trinajstić information content (AvgIpc) is 2.74. The van der Waals surface area contributed by atoms with Crippen LogP contribution in [0, 0.1) is 0 Å². The van der Waals surface area contributed by atoms with E-state index in [0.29, 0.717) is 12.6 Å².